The number of ether oxygens (including phenoxy) is 1. The summed E-state index contributed by atoms with van der Waals surface area (Å²) in [5, 5.41) is 14.1. The molecule has 2 aromatic rings. The molecule has 2 aromatic carbocycles. The topological polar surface area (TPSA) is 41.5 Å². The summed E-state index contributed by atoms with van der Waals surface area (Å²) in [6, 6.07) is 13.5. The third-order valence-electron chi connectivity index (χ3n) is 4.34. The number of rotatable bonds is 2. The maximum atomic E-state index is 12.7. The molecule has 128 valence electrons. The SMILES string of the molecule is CC1NC(c2ccccc2)COC1(O)c1ccc(C(F)(F)F)cc1. The highest BCUT2D eigenvalue weighted by molar-refractivity contribution is 5.29. The molecule has 3 atom stereocenters. The first-order chi connectivity index (χ1) is 11.3. The summed E-state index contributed by atoms with van der Waals surface area (Å²) in [5.41, 5.74) is 0.564. The summed E-state index contributed by atoms with van der Waals surface area (Å²) in [6.45, 7) is 1.96. The summed E-state index contributed by atoms with van der Waals surface area (Å²) in [5.74, 6) is -1.67. The van der Waals surface area contributed by atoms with Crippen LogP contribution in [0.4, 0.5) is 13.2 Å². The van der Waals surface area contributed by atoms with E-state index < -0.39 is 23.6 Å². The lowest BCUT2D eigenvalue weighted by Gasteiger charge is -2.42. The molecule has 1 aliphatic heterocycles. The molecule has 1 saturated heterocycles. The van der Waals surface area contributed by atoms with E-state index in [4.69, 9.17) is 4.74 Å². The zero-order valence-corrected chi connectivity index (χ0v) is 13.0. The number of hydrogen-bond acceptors (Lipinski definition) is 3. The van der Waals surface area contributed by atoms with Crippen LogP contribution in [0.25, 0.3) is 0 Å². The molecule has 1 fully saturated rings. The molecule has 1 heterocycles. The number of nitrogens with one attached hydrogen (secondary N) is 1. The smallest absolute Gasteiger partial charge is 0.361 e. The Morgan fingerprint density at radius 1 is 1.08 bits per heavy atom. The summed E-state index contributed by atoms with van der Waals surface area (Å²) in [4.78, 5) is 0. The Morgan fingerprint density at radius 3 is 2.25 bits per heavy atom. The molecule has 0 saturated carbocycles. The zero-order chi connectivity index (χ0) is 17.4. The van der Waals surface area contributed by atoms with Gasteiger partial charge in [-0.05, 0) is 24.6 Å². The highest BCUT2D eigenvalue weighted by atomic mass is 19.4. The van der Waals surface area contributed by atoms with E-state index in [2.05, 4.69) is 5.32 Å². The van der Waals surface area contributed by atoms with E-state index in [1.165, 1.54) is 12.1 Å². The van der Waals surface area contributed by atoms with Gasteiger partial charge in [0.15, 0.2) is 0 Å². The highest BCUT2D eigenvalue weighted by Gasteiger charge is 2.43. The molecule has 0 bridgehead atoms. The van der Waals surface area contributed by atoms with Crippen LogP contribution in [-0.4, -0.2) is 17.8 Å². The molecule has 2 N–H and O–H groups in total. The van der Waals surface area contributed by atoms with E-state index in [-0.39, 0.29) is 12.6 Å². The lowest BCUT2D eigenvalue weighted by atomic mass is 9.94. The molecule has 3 rings (SSSR count). The largest absolute Gasteiger partial charge is 0.416 e. The monoisotopic (exact) mass is 337 g/mol. The normalized spacial score (nSPS) is 27.9. The minimum atomic E-state index is -4.41. The lowest BCUT2D eigenvalue weighted by molar-refractivity contribution is -0.254. The number of morpholine rings is 1. The number of alkyl halides is 3. The number of halogens is 3. The fourth-order valence-electron chi connectivity index (χ4n) is 2.91. The minimum Gasteiger partial charge on any atom is -0.361 e. The van der Waals surface area contributed by atoms with Crippen LogP contribution in [0.5, 0.6) is 0 Å². The van der Waals surface area contributed by atoms with E-state index in [1.807, 2.05) is 30.3 Å². The van der Waals surface area contributed by atoms with E-state index in [1.54, 1.807) is 6.92 Å². The molecule has 0 aromatic heterocycles. The molecular formula is C18H18F3NO2. The molecule has 24 heavy (non-hydrogen) atoms. The molecule has 1 aliphatic rings. The molecule has 0 spiro atoms. The Bertz CT molecular complexity index is 688. The van der Waals surface area contributed by atoms with Crippen molar-refractivity contribution in [1.82, 2.24) is 5.32 Å². The lowest BCUT2D eigenvalue weighted by Crippen LogP contribution is -2.55. The fourth-order valence-corrected chi connectivity index (χ4v) is 2.91. The van der Waals surface area contributed by atoms with Gasteiger partial charge in [-0.1, -0.05) is 42.5 Å². The van der Waals surface area contributed by atoms with Gasteiger partial charge in [0.25, 0.3) is 0 Å². The Kier molecular flexibility index (Phi) is 4.38. The van der Waals surface area contributed by atoms with Crippen LogP contribution in [-0.2, 0) is 16.7 Å². The maximum absolute atomic E-state index is 12.7. The minimum absolute atomic E-state index is 0.0871. The van der Waals surface area contributed by atoms with Crippen molar-refractivity contribution in [2.24, 2.45) is 0 Å². The quantitative estimate of drug-likeness (QED) is 0.880. The van der Waals surface area contributed by atoms with Crippen molar-refractivity contribution >= 4 is 0 Å². The van der Waals surface area contributed by atoms with Gasteiger partial charge in [0.05, 0.1) is 24.3 Å². The van der Waals surface area contributed by atoms with Gasteiger partial charge in [-0.3, -0.25) is 0 Å². The van der Waals surface area contributed by atoms with E-state index in [0.29, 0.717) is 5.56 Å². The predicted octanol–water partition coefficient (Wildman–Crippen LogP) is 3.60. The van der Waals surface area contributed by atoms with E-state index >= 15 is 0 Å². The third-order valence-corrected chi connectivity index (χ3v) is 4.34. The number of aliphatic hydroxyl groups is 1. The average molecular weight is 337 g/mol. The highest BCUT2D eigenvalue weighted by Crippen LogP contribution is 2.36. The standard InChI is InChI=1S/C18H18F3NO2/c1-12-17(23,14-7-9-15(10-8-14)18(19,20)21)24-11-16(22-12)13-5-3-2-4-6-13/h2-10,12,16,22-23H,11H2,1H3. The van der Waals surface area contributed by atoms with Crippen LogP contribution in [0, 0.1) is 0 Å². The van der Waals surface area contributed by atoms with Gasteiger partial charge >= 0.3 is 6.18 Å². The van der Waals surface area contributed by atoms with E-state index in [9.17, 15) is 18.3 Å². The molecule has 0 amide bonds. The van der Waals surface area contributed by atoms with Gasteiger partial charge < -0.3 is 15.2 Å². The second kappa shape index (κ2) is 6.20. The van der Waals surface area contributed by atoms with Crippen molar-refractivity contribution in [3.8, 4) is 0 Å². The molecule has 3 nitrogen and oxygen atoms in total. The first kappa shape index (κ1) is 17.0. The van der Waals surface area contributed by atoms with Gasteiger partial charge in [-0.2, -0.15) is 13.2 Å². The van der Waals surface area contributed by atoms with Crippen LogP contribution < -0.4 is 5.32 Å². The second-order valence-corrected chi connectivity index (χ2v) is 5.93. The average Bonchev–Trinajstić information content (AvgIpc) is 2.57. The van der Waals surface area contributed by atoms with Crippen molar-refractivity contribution < 1.29 is 23.0 Å². The molecule has 3 unspecified atom stereocenters. The first-order valence-corrected chi connectivity index (χ1v) is 7.66. The van der Waals surface area contributed by atoms with Crippen LogP contribution >= 0.6 is 0 Å². The molecular weight excluding hydrogens is 319 g/mol. The third kappa shape index (κ3) is 3.17. The predicted molar refractivity (Wildman–Crippen MR) is 83.1 cm³/mol. The van der Waals surface area contributed by atoms with Crippen molar-refractivity contribution in [2.75, 3.05) is 6.61 Å². The van der Waals surface area contributed by atoms with E-state index in [0.717, 1.165) is 17.7 Å². The molecule has 0 aliphatic carbocycles. The summed E-state index contributed by atoms with van der Waals surface area (Å²) >= 11 is 0. The Morgan fingerprint density at radius 2 is 1.71 bits per heavy atom. The summed E-state index contributed by atoms with van der Waals surface area (Å²) in [7, 11) is 0. The Balaban J connectivity index is 1.79. The molecule has 0 radical (unpaired) electrons. The van der Waals surface area contributed by atoms with Gasteiger partial charge in [0.2, 0.25) is 5.79 Å². The Hall–Kier alpha value is -1.89. The van der Waals surface area contributed by atoms with Crippen molar-refractivity contribution in [3.63, 3.8) is 0 Å². The number of benzene rings is 2. The summed E-state index contributed by atoms with van der Waals surface area (Å²) < 4.78 is 43.7. The van der Waals surface area contributed by atoms with Crippen LogP contribution in [0.3, 0.4) is 0 Å². The number of hydrogen-bond donors (Lipinski definition) is 2. The van der Waals surface area contributed by atoms with Gasteiger partial charge in [-0.25, -0.2) is 0 Å². The maximum Gasteiger partial charge on any atom is 0.416 e. The first-order valence-electron chi connectivity index (χ1n) is 7.66. The van der Waals surface area contributed by atoms with Gasteiger partial charge in [0, 0.05) is 5.56 Å². The van der Waals surface area contributed by atoms with Crippen molar-refractivity contribution in [2.45, 2.75) is 31.0 Å². The summed E-state index contributed by atoms with van der Waals surface area (Å²) in [6.07, 6.45) is -4.41. The van der Waals surface area contributed by atoms with Crippen molar-refractivity contribution in [1.29, 1.82) is 0 Å². The van der Waals surface area contributed by atoms with Crippen LogP contribution in [0.15, 0.2) is 54.6 Å². The zero-order valence-electron chi connectivity index (χ0n) is 13.0. The second-order valence-electron chi connectivity index (χ2n) is 5.93. The van der Waals surface area contributed by atoms with Gasteiger partial charge in [-0.15, -0.1) is 0 Å². The molecule has 6 heteroatoms. The van der Waals surface area contributed by atoms with Crippen LogP contribution in [0.1, 0.15) is 29.7 Å². The fraction of sp³-hybridized carbons (Fsp3) is 0.333. The van der Waals surface area contributed by atoms with Crippen molar-refractivity contribution in [3.05, 3.63) is 71.3 Å². The van der Waals surface area contributed by atoms with Crippen LogP contribution in [0.2, 0.25) is 0 Å². The Labute approximate surface area is 138 Å². The van der Waals surface area contributed by atoms with Gasteiger partial charge in [0.1, 0.15) is 0 Å².